The van der Waals surface area contributed by atoms with Gasteiger partial charge in [-0.3, -0.25) is 0 Å². The number of hydrogen-bond acceptors (Lipinski definition) is 3. The van der Waals surface area contributed by atoms with Gasteiger partial charge in [0.25, 0.3) is 0 Å². The highest BCUT2D eigenvalue weighted by molar-refractivity contribution is 14.0. The normalized spacial score (nSPS) is 12.4. The number of aliphatic hydroxyl groups is 1. The van der Waals surface area contributed by atoms with Crippen molar-refractivity contribution in [1.82, 2.24) is 10.6 Å². The number of guanidine groups is 1. The molecule has 0 fully saturated rings. The molecule has 144 valence electrons. The molecule has 0 saturated heterocycles. The van der Waals surface area contributed by atoms with Gasteiger partial charge in [-0.2, -0.15) is 0 Å². The van der Waals surface area contributed by atoms with Crippen molar-refractivity contribution >= 4 is 40.9 Å². The number of benzene rings is 2. The zero-order valence-corrected chi connectivity index (χ0v) is 17.7. The number of nitrogens with one attached hydrogen (secondary N) is 2. The maximum atomic E-state index is 9.70. The average Bonchev–Trinajstić information content (AvgIpc) is 3.10. The van der Waals surface area contributed by atoms with Crippen molar-refractivity contribution in [2.75, 3.05) is 19.7 Å². The molecule has 3 rings (SSSR count). The highest BCUT2D eigenvalue weighted by Crippen LogP contribution is 2.19. The van der Waals surface area contributed by atoms with Crippen molar-refractivity contribution in [1.29, 1.82) is 0 Å². The van der Waals surface area contributed by atoms with Crippen molar-refractivity contribution in [2.45, 2.75) is 19.4 Å². The van der Waals surface area contributed by atoms with Gasteiger partial charge in [-0.25, -0.2) is 4.99 Å². The SMILES string of the molecule is CCNC(=NCc1cc2ccccc2o1)NCC(CO)c1ccccc1.I. The lowest BCUT2D eigenvalue weighted by Crippen LogP contribution is -2.39. The minimum Gasteiger partial charge on any atom is -0.459 e. The summed E-state index contributed by atoms with van der Waals surface area (Å²) in [6.07, 6.45) is 0. The second-order valence-corrected chi connectivity index (χ2v) is 6.12. The van der Waals surface area contributed by atoms with E-state index in [1.165, 1.54) is 0 Å². The van der Waals surface area contributed by atoms with E-state index in [4.69, 9.17) is 4.42 Å². The molecule has 1 atom stereocenters. The molecule has 0 aliphatic rings. The van der Waals surface area contributed by atoms with Crippen molar-refractivity contribution in [3.8, 4) is 0 Å². The summed E-state index contributed by atoms with van der Waals surface area (Å²) in [7, 11) is 0. The average molecular weight is 479 g/mol. The Balaban J connectivity index is 0.00000261. The van der Waals surface area contributed by atoms with Gasteiger partial charge >= 0.3 is 0 Å². The Labute approximate surface area is 176 Å². The van der Waals surface area contributed by atoms with Crippen LogP contribution in [0.1, 0.15) is 24.2 Å². The van der Waals surface area contributed by atoms with E-state index >= 15 is 0 Å². The van der Waals surface area contributed by atoms with Crippen LogP contribution in [0, 0.1) is 0 Å². The first-order chi connectivity index (χ1) is 12.8. The number of para-hydroxylation sites is 1. The molecule has 1 heterocycles. The van der Waals surface area contributed by atoms with Gasteiger partial charge in [0, 0.05) is 24.4 Å². The Hall–Kier alpha value is -2.06. The van der Waals surface area contributed by atoms with E-state index in [1.807, 2.05) is 67.6 Å². The quantitative estimate of drug-likeness (QED) is 0.273. The monoisotopic (exact) mass is 479 g/mol. The van der Waals surface area contributed by atoms with Crippen molar-refractivity contribution in [3.63, 3.8) is 0 Å². The molecule has 5 nitrogen and oxygen atoms in total. The molecule has 0 bridgehead atoms. The van der Waals surface area contributed by atoms with Gasteiger partial charge in [-0.05, 0) is 24.6 Å². The molecule has 0 aliphatic heterocycles. The molecule has 27 heavy (non-hydrogen) atoms. The fourth-order valence-corrected chi connectivity index (χ4v) is 2.85. The molecule has 0 saturated carbocycles. The van der Waals surface area contributed by atoms with Crippen LogP contribution in [0.5, 0.6) is 0 Å². The standard InChI is InChI=1S/C21H25N3O2.HI/c1-2-22-21(23-13-18(15-25)16-8-4-3-5-9-16)24-14-19-12-17-10-6-7-11-20(17)26-19;/h3-12,18,25H,2,13-15H2,1H3,(H2,22,23,24);1H. The van der Waals surface area contributed by atoms with E-state index in [1.54, 1.807) is 0 Å². The Morgan fingerprint density at radius 3 is 2.52 bits per heavy atom. The van der Waals surface area contributed by atoms with E-state index in [0.717, 1.165) is 28.8 Å². The van der Waals surface area contributed by atoms with E-state index in [9.17, 15) is 5.11 Å². The number of rotatable bonds is 7. The summed E-state index contributed by atoms with van der Waals surface area (Å²) in [6, 6.07) is 20.0. The molecule has 6 heteroatoms. The van der Waals surface area contributed by atoms with Crippen molar-refractivity contribution in [3.05, 3.63) is 72.0 Å². The van der Waals surface area contributed by atoms with Crippen LogP contribution in [0.4, 0.5) is 0 Å². The molecular weight excluding hydrogens is 453 g/mol. The van der Waals surface area contributed by atoms with Crippen LogP contribution in [0.25, 0.3) is 11.0 Å². The number of furan rings is 1. The molecule has 0 aliphatic carbocycles. The summed E-state index contributed by atoms with van der Waals surface area (Å²) in [4.78, 5) is 4.60. The molecule has 3 aromatic rings. The minimum absolute atomic E-state index is 0. The predicted molar refractivity (Wildman–Crippen MR) is 121 cm³/mol. The first-order valence-electron chi connectivity index (χ1n) is 8.95. The molecule has 1 unspecified atom stereocenters. The number of aliphatic hydroxyl groups excluding tert-OH is 1. The van der Waals surface area contributed by atoms with Crippen LogP contribution in [-0.2, 0) is 6.54 Å². The van der Waals surface area contributed by atoms with Crippen molar-refractivity contribution < 1.29 is 9.52 Å². The largest absolute Gasteiger partial charge is 0.459 e. The second-order valence-electron chi connectivity index (χ2n) is 6.12. The fourth-order valence-electron chi connectivity index (χ4n) is 2.85. The molecule has 0 spiro atoms. The lowest BCUT2D eigenvalue weighted by molar-refractivity contribution is 0.265. The van der Waals surface area contributed by atoms with E-state index in [-0.39, 0.29) is 36.5 Å². The van der Waals surface area contributed by atoms with Gasteiger partial charge in [0.15, 0.2) is 5.96 Å². The summed E-state index contributed by atoms with van der Waals surface area (Å²) in [5, 5.41) is 17.3. The van der Waals surface area contributed by atoms with Gasteiger partial charge in [0.1, 0.15) is 17.9 Å². The van der Waals surface area contributed by atoms with Crippen molar-refractivity contribution in [2.24, 2.45) is 4.99 Å². The highest BCUT2D eigenvalue weighted by Gasteiger charge is 2.11. The third kappa shape index (κ3) is 5.97. The van der Waals surface area contributed by atoms with E-state index < -0.39 is 0 Å². The molecule has 0 radical (unpaired) electrons. The lowest BCUT2D eigenvalue weighted by Gasteiger charge is -2.17. The van der Waals surface area contributed by atoms with Crippen LogP contribution < -0.4 is 10.6 Å². The summed E-state index contributed by atoms with van der Waals surface area (Å²) >= 11 is 0. The van der Waals surface area contributed by atoms with E-state index in [0.29, 0.717) is 19.0 Å². The maximum absolute atomic E-state index is 9.70. The zero-order chi connectivity index (χ0) is 18.2. The van der Waals surface area contributed by atoms with Gasteiger partial charge in [-0.15, -0.1) is 24.0 Å². The van der Waals surface area contributed by atoms with Crippen LogP contribution in [0.2, 0.25) is 0 Å². The fraction of sp³-hybridized carbons (Fsp3) is 0.286. The number of aliphatic imine (C=N–C) groups is 1. The van der Waals surface area contributed by atoms with Crippen LogP contribution >= 0.6 is 24.0 Å². The first kappa shape index (κ1) is 21.2. The van der Waals surface area contributed by atoms with Crippen LogP contribution in [0.3, 0.4) is 0 Å². The number of fused-ring (bicyclic) bond motifs is 1. The van der Waals surface area contributed by atoms with Gasteiger partial charge in [-0.1, -0.05) is 48.5 Å². The molecule has 3 N–H and O–H groups in total. The second kappa shape index (κ2) is 10.9. The van der Waals surface area contributed by atoms with E-state index in [2.05, 4.69) is 15.6 Å². The first-order valence-corrected chi connectivity index (χ1v) is 8.95. The number of nitrogens with zero attached hydrogens (tertiary/aromatic N) is 1. The Morgan fingerprint density at radius 2 is 1.81 bits per heavy atom. The summed E-state index contributed by atoms with van der Waals surface area (Å²) in [5.74, 6) is 1.55. The molecule has 0 amide bonds. The third-order valence-corrected chi connectivity index (χ3v) is 4.22. The number of hydrogen-bond donors (Lipinski definition) is 3. The molecule has 2 aromatic carbocycles. The Morgan fingerprint density at radius 1 is 1.07 bits per heavy atom. The third-order valence-electron chi connectivity index (χ3n) is 4.22. The molecular formula is C21H26IN3O2. The van der Waals surface area contributed by atoms with Gasteiger partial charge in [0.05, 0.1) is 6.61 Å². The summed E-state index contributed by atoms with van der Waals surface area (Å²) in [5.41, 5.74) is 1.98. The Bertz CT molecular complexity index is 816. The highest BCUT2D eigenvalue weighted by atomic mass is 127. The lowest BCUT2D eigenvalue weighted by atomic mass is 10.0. The van der Waals surface area contributed by atoms with Gasteiger partial charge in [0.2, 0.25) is 0 Å². The maximum Gasteiger partial charge on any atom is 0.191 e. The summed E-state index contributed by atoms with van der Waals surface area (Å²) in [6.45, 7) is 3.94. The topological polar surface area (TPSA) is 69.8 Å². The van der Waals surface area contributed by atoms with Crippen LogP contribution in [-0.4, -0.2) is 30.8 Å². The molecule has 1 aromatic heterocycles. The minimum atomic E-state index is 0. The van der Waals surface area contributed by atoms with Gasteiger partial charge < -0.3 is 20.2 Å². The van der Waals surface area contributed by atoms with Crippen LogP contribution in [0.15, 0.2) is 70.1 Å². The smallest absolute Gasteiger partial charge is 0.191 e. The number of halogens is 1. The zero-order valence-electron chi connectivity index (χ0n) is 15.4. The predicted octanol–water partition coefficient (Wildman–Crippen LogP) is 3.88. The Kier molecular flexibility index (Phi) is 8.60. The summed E-state index contributed by atoms with van der Waals surface area (Å²) < 4.78 is 5.81.